The zero-order valence-electron chi connectivity index (χ0n) is 11.6. The number of amides is 3. The lowest BCUT2D eigenvalue weighted by Gasteiger charge is -2.36. The Morgan fingerprint density at radius 1 is 1.16 bits per heavy atom. The molecule has 0 radical (unpaired) electrons. The van der Waals surface area contributed by atoms with Crippen molar-refractivity contribution < 1.29 is 19.5 Å². The van der Waals surface area contributed by atoms with Crippen molar-refractivity contribution in [1.82, 2.24) is 15.1 Å². The molecule has 1 rings (SSSR count). The molecule has 0 aromatic carbocycles. The summed E-state index contributed by atoms with van der Waals surface area (Å²) in [6, 6.07) is -0.394. The van der Waals surface area contributed by atoms with E-state index in [1.165, 1.54) is 18.7 Å². The number of carbonyl (C=O) groups is 3. The van der Waals surface area contributed by atoms with Crippen LogP contribution in [0.2, 0.25) is 0 Å². The highest BCUT2D eigenvalue weighted by molar-refractivity contribution is 5.86. The van der Waals surface area contributed by atoms with E-state index in [0.29, 0.717) is 32.6 Å². The van der Waals surface area contributed by atoms with Crippen LogP contribution in [0.4, 0.5) is 4.79 Å². The van der Waals surface area contributed by atoms with Crippen molar-refractivity contribution >= 4 is 17.9 Å². The van der Waals surface area contributed by atoms with Crippen LogP contribution in [0.1, 0.15) is 27.2 Å². The first kappa shape index (κ1) is 15.3. The van der Waals surface area contributed by atoms with Gasteiger partial charge in [0.25, 0.3) is 0 Å². The SMILES string of the molecule is CCC(C)(NC(=O)N1CCN(C(C)=O)CC1)C(=O)O. The maximum Gasteiger partial charge on any atom is 0.329 e. The average molecular weight is 271 g/mol. The van der Waals surface area contributed by atoms with Gasteiger partial charge < -0.3 is 20.2 Å². The Labute approximate surface area is 112 Å². The molecule has 108 valence electrons. The number of nitrogens with zero attached hydrogens (tertiary/aromatic N) is 2. The number of urea groups is 1. The molecule has 0 saturated carbocycles. The smallest absolute Gasteiger partial charge is 0.329 e. The van der Waals surface area contributed by atoms with E-state index >= 15 is 0 Å². The Morgan fingerprint density at radius 3 is 2.00 bits per heavy atom. The second-order valence-electron chi connectivity index (χ2n) is 4.91. The van der Waals surface area contributed by atoms with Crippen LogP contribution in [-0.2, 0) is 9.59 Å². The van der Waals surface area contributed by atoms with E-state index in [9.17, 15) is 14.4 Å². The Hall–Kier alpha value is -1.79. The molecule has 1 aliphatic rings. The number of aliphatic carboxylic acids is 1. The molecule has 7 heteroatoms. The van der Waals surface area contributed by atoms with Crippen LogP contribution in [0.5, 0.6) is 0 Å². The van der Waals surface area contributed by atoms with Crippen molar-refractivity contribution in [3.63, 3.8) is 0 Å². The lowest BCUT2D eigenvalue weighted by molar-refractivity contribution is -0.143. The van der Waals surface area contributed by atoms with Crippen LogP contribution in [0.15, 0.2) is 0 Å². The minimum Gasteiger partial charge on any atom is -0.480 e. The van der Waals surface area contributed by atoms with Crippen molar-refractivity contribution in [2.24, 2.45) is 0 Å². The van der Waals surface area contributed by atoms with Gasteiger partial charge in [-0.3, -0.25) is 4.79 Å². The average Bonchev–Trinajstić information content (AvgIpc) is 2.38. The van der Waals surface area contributed by atoms with Crippen molar-refractivity contribution in [1.29, 1.82) is 0 Å². The molecule has 0 aromatic rings. The molecule has 2 N–H and O–H groups in total. The molecule has 1 unspecified atom stereocenters. The minimum atomic E-state index is -1.26. The van der Waals surface area contributed by atoms with Gasteiger partial charge in [-0.25, -0.2) is 9.59 Å². The van der Waals surface area contributed by atoms with Crippen molar-refractivity contribution in [3.8, 4) is 0 Å². The zero-order valence-corrected chi connectivity index (χ0v) is 11.6. The fourth-order valence-corrected chi connectivity index (χ4v) is 1.83. The number of carboxylic acid groups (broad SMARTS) is 1. The molecule has 0 spiro atoms. The lowest BCUT2D eigenvalue weighted by atomic mass is 10.00. The topological polar surface area (TPSA) is 90.0 Å². The summed E-state index contributed by atoms with van der Waals surface area (Å²) in [4.78, 5) is 37.5. The predicted octanol–water partition coefficient (Wildman–Crippen LogP) is 0.113. The highest BCUT2D eigenvalue weighted by Crippen LogP contribution is 2.11. The van der Waals surface area contributed by atoms with E-state index in [-0.39, 0.29) is 5.91 Å². The molecule has 1 atom stereocenters. The first-order valence-corrected chi connectivity index (χ1v) is 6.36. The van der Waals surface area contributed by atoms with E-state index in [1.807, 2.05) is 0 Å². The van der Waals surface area contributed by atoms with Gasteiger partial charge in [0, 0.05) is 33.1 Å². The van der Waals surface area contributed by atoms with Gasteiger partial charge >= 0.3 is 12.0 Å². The van der Waals surface area contributed by atoms with Gasteiger partial charge in [0.05, 0.1) is 0 Å². The van der Waals surface area contributed by atoms with E-state index in [4.69, 9.17) is 5.11 Å². The Kier molecular flexibility index (Phi) is 4.74. The normalized spacial score (nSPS) is 18.7. The fraction of sp³-hybridized carbons (Fsp3) is 0.750. The van der Waals surface area contributed by atoms with Crippen LogP contribution in [0.25, 0.3) is 0 Å². The molecule has 0 bridgehead atoms. The second-order valence-corrected chi connectivity index (χ2v) is 4.91. The summed E-state index contributed by atoms with van der Waals surface area (Å²) < 4.78 is 0. The molecule has 1 aliphatic heterocycles. The highest BCUT2D eigenvalue weighted by atomic mass is 16.4. The number of carbonyl (C=O) groups excluding carboxylic acids is 2. The van der Waals surface area contributed by atoms with E-state index < -0.39 is 17.5 Å². The molecule has 3 amide bonds. The predicted molar refractivity (Wildman–Crippen MR) is 68.7 cm³/mol. The number of hydrogen-bond donors (Lipinski definition) is 2. The van der Waals surface area contributed by atoms with Crippen molar-refractivity contribution in [2.75, 3.05) is 26.2 Å². The fourth-order valence-electron chi connectivity index (χ4n) is 1.83. The summed E-state index contributed by atoms with van der Waals surface area (Å²) in [5.74, 6) is -1.06. The van der Waals surface area contributed by atoms with Crippen LogP contribution >= 0.6 is 0 Å². The number of hydrogen-bond acceptors (Lipinski definition) is 3. The van der Waals surface area contributed by atoms with Gasteiger partial charge in [0.2, 0.25) is 5.91 Å². The minimum absolute atomic E-state index is 0.0102. The second kappa shape index (κ2) is 5.90. The highest BCUT2D eigenvalue weighted by Gasteiger charge is 2.35. The maximum atomic E-state index is 12.0. The number of rotatable bonds is 3. The third-order valence-electron chi connectivity index (χ3n) is 3.57. The Bertz CT molecular complexity index is 377. The van der Waals surface area contributed by atoms with Gasteiger partial charge in [-0.1, -0.05) is 6.92 Å². The maximum absolute atomic E-state index is 12.0. The Balaban J connectivity index is 2.56. The van der Waals surface area contributed by atoms with Gasteiger partial charge in [-0.15, -0.1) is 0 Å². The van der Waals surface area contributed by atoms with Crippen molar-refractivity contribution in [2.45, 2.75) is 32.7 Å². The first-order valence-electron chi connectivity index (χ1n) is 6.36. The van der Waals surface area contributed by atoms with Crippen LogP contribution in [0.3, 0.4) is 0 Å². The molecule has 19 heavy (non-hydrogen) atoms. The van der Waals surface area contributed by atoms with Gasteiger partial charge in [-0.05, 0) is 13.3 Å². The molecule has 1 heterocycles. The third-order valence-corrected chi connectivity index (χ3v) is 3.57. The number of carboxylic acids is 1. The Morgan fingerprint density at radius 2 is 1.63 bits per heavy atom. The third kappa shape index (κ3) is 3.59. The first-order chi connectivity index (χ1) is 8.80. The zero-order chi connectivity index (χ0) is 14.6. The van der Waals surface area contributed by atoms with Crippen LogP contribution in [0, 0.1) is 0 Å². The molecule has 7 nitrogen and oxygen atoms in total. The quantitative estimate of drug-likeness (QED) is 0.762. The molecular weight excluding hydrogens is 250 g/mol. The van der Waals surface area contributed by atoms with Crippen molar-refractivity contribution in [3.05, 3.63) is 0 Å². The number of nitrogens with one attached hydrogen (secondary N) is 1. The summed E-state index contributed by atoms with van der Waals surface area (Å²) in [6.07, 6.45) is 0.307. The largest absolute Gasteiger partial charge is 0.480 e. The summed E-state index contributed by atoms with van der Waals surface area (Å²) in [6.45, 7) is 6.50. The lowest BCUT2D eigenvalue weighted by Crippen LogP contribution is -2.59. The monoisotopic (exact) mass is 271 g/mol. The van der Waals surface area contributed by atoms with E-state index in [1.54, 1.807) is 11.8 Å². The summed E-state index contributed by atoms with van der Waals surface area (Å²) in [7, 11) is 0. The van der Waals surface area contributed by atoms with E-state index in [0.717, 1.165) is 0 Å². The summed E-state index contributed by atoms with van der Waals surface area (Å²) in [5.41, 5.74) is -1.26. The molecule has 0 aromatic heterocycles. The molecule has 1 fully saturated rings. The summed E-state index contributed by atoms with van der Waals surface area (Å²) >= 11 is 0. The van der Waals surface area contributed by atoms with Crippen LogP contribution < -0.4 is 5.32 Å². The van der Waals surface area contributed by atoms with E-state index in [2.05, 4.69) is 5.32 Å². The standard InChI is InChI=1S/C12H21N3O4/c1-4-12(3,10(17)18)13-11(19)15-7-5-14(6-8-15)9(2)16/h4-8H2,1-3H3,(H,13,19)(H,17,18). The summed E-state index contributed by atoms with van der Waals surface area (Å²) in [5, 5.41) is 11.6. The molecular formula is C12H21N3O4. The molecule has 1 saturated heterocycles. The van der Waals surface area contributed by atoms with Gasteiger partial charge in [0.15, 0.2) is 0 Å². The number of piperazine rings is 1. The van der Waals surface area contributed by atoms with Gasteiger partial charge in [-0.2, -0.15) is 0 Å². The molecule has 0 aliphatic carbocycles. The van der Waals surface area contributed by atoms with Gasteiger partial charge in [0.1, 0.15) is 5.54 Å². The van der Waals surface area contributed by atoms with Crippen LogP contribution in [-0.4, -0.2) is 64.5 Å².